The number of amides is 1. The summed E-state index contributed by atoms with van der Waals surface area (Å²) in [6.07, 6.45) is 1.64. The number of amidine groups is 1. The van der Waals surface area contributed by atoms with Gasteiger partial charge in [-0.3, -0.25) is 0 Å². The van der Waals surface area contributed by atoms with Gasteiger partial charge >= 0.3 is 11.1 Å². The zero-order valence-electron chi connectivity index (χ0n) is 7.03. The van der Waals surface area contributed by atoms with Crippen LogP contribution in [0.15, 0.2) is 0 Å². The molecule has 68 valence electrons. The van der Waals surface area contributed by atoms with Crippen LogP contribution in [-0.4, -0.2) is 34.0 Å². The van der Waals surface area contributed by atoms with Crippen molar-refractivity contribution in [2.24, 2.45) is 0 Å². The van der Waals surface area contributed by atoms with Crippen LogP contribution in [0.25, 0.3) is 0 Å². The third-order valence-corrected chi connectivity index (χ3v) is 1.91. The Morgan fingerprint density at radius 3 is 2.33 bits per heavy atom. The molecule has 0 atom stereocenters. The van der Waals surface area contributed by atoms with Crippen molar-refractivity contribution in [3.05, 3.63) is 10.1 Å². The van der Waals surface area contributed by atoms with E-state index in [2.05, 4.69) is 0 Å². The SMILES string of the molecule is CSC(N[N+](=O)[O-])=[N+](C)C(C)=O. The largest absolute Gasteiger partial charge is 0.377 e. The summed E-state index contributed by atoms with van der Waals surface area (Å²) in [5.41, 5.74) is 1.92. The van der Waals surface area contributed by atoms with E-state index in [0.29, 0.717) is 0 Å². The van der Waals surface area contributed by atoms with Crippen LogP contribution in [0.3, 0.4) is 0 Å². The van der Waals surface area contributed by atoms with Gasteiger partial charge in [0.25, 0.3) is 0 Å². The van der Waals surface area contributed by atoms with E-state index in [1.807, 2.05) is 5.43 Å². The first-order valence-corrected chi connectivity index (χ1v) is 4.27. The second kappa shape index (κ2) is 4.70. The lowest BCUT2D eigenvalue weighted by atomic mass is 10.7. The van der Waals surface area contributed by atoms with Crippen molar-refractivity contribution >= 4 is 22.8 Å². The maximum Gasteiger partial charge on any atom is 0.377 e. The van der Waals surface area contributed by atoms with Crippen LogP contribution in [0.1, 0.15) is 6.92 Å². The molecule has 12 heavy (non-hydrogen) atoms. The van der Waals surface area contributed by atoms with E-state index in [0.717, 1.165) is 11.8 Å². The molecule has 0 aromatic rings. The molecule has 0 aliphatic rings. The number of rotatable bonds is 1. The molecule has 6 nitrogen and oxygen atoms in total. The monoisotopic (exact) mass is 192 g/mol. The van der Waals surface area contributed by atoms with Gasteiger partial charge in [-0.1, -0.05) is 0 Å². The Kier molecular flexibility index (Phi) is 4.27. The number of hydrazine groups is 1. The number of nitrogens with one attached hydrogen (secondary N) is 1. The smallest absolute Gasteiger partial charge is 0.247 e. The van der Waals surface area contributed by atoms with E-state index in [4.69, 9.17) is 0 Å². The fourth-order valence-corrected chi connectivity index (χ4v) is 1.05. The van der Waals surface area contributed by atoms with Gasteiger partial charge in [-0.25, -0.2) is 14.9 Å². The first kappa shape index (κ1) is 10.9. The number of nitrogens with zero attached hydrogens (tertiary/aromatic N) is 2. The van der Waals surface area contributed by atoms with Crippen molar-refractivity contribution in [1.29, 1.82) is 0 Å². The summed E-state index contributed by atoms with van der Waals surface area (Å²) in [5, 5.41) is 9.52. The second-order valence-electron chi connectivity index (χ2n) is 1.96. The molecule has 1 N–H and O–H groups in total. The highest BCUT2D eigenvalue weighted by Crippen LogP contribution is 1.93. The van der Waals surface area contributed by atoms with Crippen molar-refractivity contribution in [3.8, 4) is 0 Å². The first-order chi connectivity index (χ1) is 5.49. The zero-order chi connectivity index (χ0) is 9.72. The van der Waals surface area contributed by atoms with E-state index in [9.17, 15) is 14.9 Å². The van der Waals surface area contributed by atoms with Crippen LogP contribution < -0.4 is 5.43 Å². The Balaban J connectivity index is 4.61. The number of hydrogen-bond donors (Lipinski definition) is 1. The molecule has 0 aliphatic heterocycles. The lowest BCUT2D eigenvalue weighted by Crippen LogP contribution is -2.35. The molecule has 0 heterocycles. The average molecular weight is 192 g/mol. The highest BCUT2D eigenvalue weighted by Gasteiger charge is 2.17. The highest BCUT2D eigenvalue weighted by molar-refractivity contribution is 8.13. The molecule has 7 heteroatoms. The summed E-state index contributed by atoms with van der Waals surface area (Å²) in [5.74, 6) is -0.256. The summed E-state index contributed by atoms with van der Waals surface area (Å²) in [4.78, 5) is 20.8. The van der Waals surface area contributed by atoms with Gasteiger partial charge in [-0.2, -0.15) is 4.58 Å². The summed E-state index contributed by atoms with van der Waals surface area (Å²) in [7, 11) is 1.46. The lowest BCUT2D eigenvalue weighted by molar-refractivity contribution is -0.536. The van der Waals surface area contributed by atoms with Gasteiger partial charge in [0.1, 0.15) is 0 Å². The lowest BCUT2D eigenvalue weighted by Gasteiger charge is -1.96. The number of thioether (sulfide) groups is 1. The minimum absolute atomic E-state index is 0.201. The molecule has 0 saturated carbocycles. The van der Waals surface area contributed by atoms with E-state index in [-0.39, 0.29) is 11.1 Å². The van der Waals surface area contributed by atoms with Crippen molar-refractivity contribution in [1.82, 2.24) is 5.43 Å². The van der Waals surface area contributed by atoms with Crippen LogP contribution >= 0.6 is 11.8 Å². The second-order valence-corrected chi connectivity index (χ2v) is 2.75. The summed E-state index contributed by atoms with van der Waals surface area (Å²) in [6.45, 7) is 1.33. The van der Waals surface area contributed by atoms with Crippen LogP contribution in [0.2, 0.25) is 0 Å². The fraction of sp³-hybridized carbons (Fsp3) is 0.600. The van der Waals surface area contributed by atoms with Gasteiger partial charge in [0.2, 0.25) is 5.03 Å². The molecule has 0 spiro atoms. The maximum atomic E-state index is 10.8. The van der Waals surface area contributed by atoms with Crippen LogP contribution in [0, 0.1) is 10.1 Å². The van der Waals surface area contributed by atoms with Crippen LogP contribution in [0.4, 0.5) is 0 Å². The molecule has 0 bridgehead atoms. The third-order valence-electron chi connectivity index (χ3n) is 1.16. The van der Waals surface area contributed by atoms with Gasteiger partial charge in [0, 0.05) is 12.3 Å². The van der Waals surface area contributed by atoms with E-state index < -0.39 is 5.03 Å². The predicted octanol–water partition coefficient (Wildman–Crippen LogP) is -0.325. The van der Waals surface area contributed by atoms with Crippen molar-refractivity contribution in [3.63, 3.8) is 0 Å². The van der Waals surface area contributed by atoms with Crippen LogP contribution in [0.5, 0.6) is 0 Å². The minimum Gasteiger partial charge on any atom is -0.247 e. The number of carbonyl (C=O) groups excluding carboxylic acids is 1. The first-order valence-electron chi connectivity index (χ1n) is 3.05. The van der Waals surface area contributed by atoms with Crippen molar-refractivity contribution < 1.29 is 14.4 Å². The average Bonchev–Trinajstić information content (AvgIpc) is 1.98. The van der Waals surface area contributed by atoms with Crippen molar-refractivity contribution in [2.75, 3.05) is 13.3 Å². The Bertz CT molecular complexity index is 238. The van der Waals surface area contributed by atoms with E-state index in [1.54, 1.807) is 6.26 Å². The number of hydrogen-bond acceptors (Lipinski definition) is 4. The number of carbonyl (C=O) groups is 1. The summed E-state index contributed by atoms with van der Waals surface area (Å²) in [6, 6.07) is 0. The molecular weight excluding hydrogens is 182 g/mol. The molecule has 0 saturated heterocycles. The molecule has 0 rings (SSSR count). The molecule has 1 amide bonds. The van der Waals surface area contributed by atoms with E-state index in [1.165, 1.54) is 18.5 Å². The minimum atomic E-state index is -0.703. The number of nitro groups is 1. The van der Waals surface area contributed by atoms with Crippen molar-refractivity contribution in [2.45, 2.75) is 6.92 Å². The highest BCUT2D eigenvalue weighted by atomic mass is 32.2. The van der Waals surface area contributed by atoms with Gasteiger partial charge in [0.05, 0.1) is 7.05 Å². The standard InChI is InChI=1S/C5H9N3O3S/c1-4(9)7(2)5(12-3)6-8(10)11/h1-3H3/p+1. The summed E-state index contributed by atoms with van der Waals surface area (Å²) < 4.78 is 1.17. The molecular formula is C5H10N3O3S+. The van der Waals surface area contributed by atoms with Gasteiger partial charge < -0.3 is 0 Å². The summed E-state index contributed by atoms with van der Waals surface area (Å²) >= 11 is 1.10. The maximum absolute atomic E-state index is 10.8. The van der Waals surface area contributed by atoms with E-state index >= 15 is 0 Å². The van der Waals surface area contributed by atoms with Crippen LogP contribution in [-0.2, 0) is 4.79 Å². The molecule has 0 radical (unpaired) electrons. The molecule has 0 aromatic carbocycles. The Labute approximate surface area is 73.8 Å². The Hall–Kier alpha value is -1.11. The predicted molar refractivity (Wildman–Crippen MR) is 45.5 cm³/mol. The molecule has 0 aromatic heterocycles. The zero-order valence-corrected chi connectivity index (χ0v) is 7.84. The topological polar surface area (TPSA) is 75.2 Å². The Morgan fingerprint density at radius 1 is 1.58 bits per heavy atom. The van der Waals surface area contributed by atoms with Gasteiger partial charge in [-0.15, -0.1) is 0 Å². The quantitative estimate of drug-likeness (QED) is 0.202. The normalized spacial score (nSPS) is 11.9. The third kappa shape index (κ3) is 3.33. The molecule has 0 aliphatic carbocycles. The fourth-order valence-electron chi connectivity index (χ4n) is 0.479. The Morgan fingerprint density at radius 2 is 2.08 bits per heavy atom. The van der Waals surface area contributed by atoms with Gasteiger partial charge in [0.15, 0.2) is 0 Å². The molecule has 0 fully saturated rings. The van der Waals surface area contributed by atoms with Gasteiger partial charge in [-0.05, 0) is 18.0 Å². The molecule has 0 unspecified atom stereocenters.